The van der Waals surface area contributed by atoms with E-state index >= 15 is 0 Å². The summed E-state index contributed by atoms with van der Waals surface area (Å²) < 4.78 is 1.15. The van der Waals surface area contributed by atoms with Crippen LogP contribution in [0.3, 0.4) is 0 Å². The first-order valence-electron chi connectivity index (χ1n) is 4.57. The Hall–Kier alpha value is -0.560. The molecule has 0 saturated heterocycles. The third-order valence-electron chi connectivity index (χ3n) is 1.98. The second-order valence-corrected chi connectivity index (χ2v) is 4.35. The Balaban J connectivity index is 2.37. The van der Waals surface area contributed by atoms with Crippen molar-refractivity contribution < 1.29 is 0 Å². The first-order valence-corrected chi connectivity index (χ1v) is 5.36. The molecule has 0 N–H and O–H groups in total. The minimum atomic E-state index is 1.13. The summed E-state index contributed by atoms with van der Waals surface area (Å²) in [5.74, 6) is 0. The van der Waals surface area contributed by atoms with Crippen molar-refractivity contribution in [3.05, 3.63) is 46.5 Å². The lowest BCUT2D eigenvalue weighted by molar-refractivity contribution is 0.814. The van der Waals surface area contributed by atoms with Gasteiger partial charge in [0.2, 0.25) is 0 Å². The van der Waals surface area contributed by atoms with Gasteiger partial charge in [0.25, 0.3) is 0 Å². The van der Waals surface area contributed by atoms with Crippen LogP contribution in [0.5, 0.6) is 0 Å². The molecule has 0 aliphatic rings. The summed E-state index contributed by atoms with van der Waals surface area (Å²) in [6.07, 6.45) is 3.49. The van der Waals surface area contributed by atoms with Crippen molar-refractivity contribution >= 4 is 15.9 Å². The lowest BCUT2D eigenvalue weighted by Gasteiger charge is -2.01. The number of allylic oxidation sites excluding steroid dienone is 1. The highest BCUT2D eigenvalue weighted by atomic mass is 79.9. The van der Waals surface area contributed by atoms with Crippen LogP contribution < -0.4 is 0 Å². The van der Waals surface area contributed by atoms with Gasteiger partial charge in [-0.05, 0) is 43.9 Å². The molecule has 13 heavy (non-hydrogen) atoms. The number of halogens is 1. The van der Waals surface area contributed by atoms with Gasteiger partial charge in [0.05, 0.1) is 0 Å². The van der Waals surface area contributed by atoms with Crippen molar-refractivity contribution in [2.75, 3.05) is 0 Å². The van der Waals surface area contributed by atoms with E-state index in [4.69, 9.17) is 0 Å². The number of aryl methyl sites for hydroxylation is 1. The highest BCUT2D eigenvalue weighted by Gasteiger charge is 1.93. The zero-order chi connectivity index (χ0) is 9.68. The summed E-state index contributed by atoms with van der Waals surface area (Å²) in [5.41, 5.74) is 2.68. The van der Waals surface area contributed by atoms with Crippen LogP contribution in [0.25, 0.3) is 0 Å². The Morgan fingerprint density at radius 1 is 1.31 bits per heavy atom. The maximum atomic E-state index is 3.89. The molecule has 0 bridgehead atoms. The molecule has 1 aromatic carbocycles. The molecule has 1 aromatic rings. The van der Waals surface area contributed by atoms with E-state index in [9.17, 15) is 0 Å². The summed E-state index contributed by atoms with van der Waals surface area (Å²) in [6, 6.07) is 8.53. The Morgan fingerprint density at radius 3 is 2.46 bits per heavy atom. The van der Waals surface area contributed by atoms with Crippen LogP contribution in [0.4, 0.5) is 0 Å². The molecular formula is C12H15Br. The van der Waals surface area contributed by atoms with Crippen molar-refractivity contribution in [3.63, 3.8) is 0 Å². The van der Waals surface area contributed by atoms with Crippen LogP contribution in [0.15, 0.2) is 40.9 Å². The van der Waals surface area contributed by atoms with Crippen molar-refractivity contribution in [1.29, 1.82) is 0 Å². The number of benzene rings is 1. The normalized spacial score (nSPS) is 10.0. The number of rotatable bonds is 4. The third kappa shape index (κ3) is 4.28. The first kappa shape index (κ1) is 10.5. The van der Waals surface area contributed by atoms with Gasteiger partial charge in [0.1, 0.15) is 0 Å². The van der Waals surface area contributed by atoms with E-state index in [1.165, 1.54) is 17.6 Å². The zero-order valence-electron chi connectivity index (χ0n) is 8.02. The fourth-order valence-electron chi connectivity index (χ4n) is 1.25. The predicted octanol–water partition coefficient (Wildman–Crippen LogP) is 4.35. The fraction of sp³-hybridized carbons (Fsp3) is 0.333. The van der Waals surface area contributed by atoms with Gasteiger partial charge in [-0.25, -0.2) is 0 Å². The van der Waals surface area contributed by atoms with Crippen molar-refractivity contribution in [2.24, 2.45) is 0 Å². The molecule has 0 unspecified atom stereocenters. The summed E-state index contributed by atoms with van der Waals surface area (Å²) in [4.78, 5) is 0. The molecule has 0 nitrogen and oxygen atoms in total. The predicted molar refractivity (Wildman–Crippen MR) is 61.9 cm³/mol. The molecule has 0 radical (unpaired) electrons. The second-order valence-electron chi connectivity index (χ2n) is 3.44. The van der Waals surface area contributed by atoms with E-state index in [2.05, 4.69) is 53.7 Å². The number of hydrogen-bond donors (Lipinski definition) is 0. The van der Waals surface area contributed by atoms with Crippen LogP contribution in [0.2, 0.25) is 0 Å². The zero-order valence-corrected chi connectivity index (χ0v) is 9.60. The SMILES string of the molecule is C=C(C)CCCc1ccc(Br)cc1. The second kappa shape index (κ2) is 5.23. The van der Waals surface area contributed by atoms with Gasteiger partial charge in [-0.2, -0.15) is 0 Å². The minimum absolute atomic E-state index is 1.13. The molecular weight excluding hydrogens is 224 g/mol. The quantitative estimate of drug-likeness (QED) is 0.685. The Morgan fingerprint density at radius 2 is 1.92 bits per heavy atom. The minimum Gasteiger partial charge on any atom is -0.100 e. The summed E-state index contributed by atoms with van der Waals surface area (Å²) in [6.45, 7) is 5.98. The van der Waals surface area contributed by atoms with Crippen LogP contribution in [0, 0.1) is 0 Å². The lowest BCUT2D eigenvalue weighted by Crippen LogP contribution is -1.85. The first-order chi connectivity index (χ1) is 6.18. The molecule has 0 aliphatic heterocycles. The summed E-state index contributed by atoms with van der Waals surface area (Å²) >= 11 is 3.42. The van der Waals surface area contributed by atoms with Gasteiger partial charge in [-0.1, -0.05) is 33.6 Å². The van der Waals surface area contributed by atoms with Crippen LogP contribution in [0.1, 0.15) is 25.3 Å². The highest BCUT2D eigenvalue weighted by molar-refractivity contribution is 9.10. The fourth-order valence-corrected chi connectivity index (χ4v) is 1.51. The van der Waals surface area contributed by atoms with Crippen LogP contribution >= 0.6 is 15.9 Å². The van der Waals surface area contributed by atoms with Gasteiger partial charge in [-0.15, -0.1) is 6.58 Å². The average molecular weight is 239 g/mol. The van der Waals surface area contributed by atoms with E-state index in [1.807, 2.05) is 0 Å². The van der Waals surface area contributed by atoms with Crippen molar-refractivity contribution in [1.82, 2.24) is 0 Å². The van der Waals surface area contributed by atoms with Gasteiger partial charge < -0.3 is 0 Å². The Bertz CT molecular complexity index is 272. The summed E-state index contributed by atoms with van der Waals surface area (Å²) in [5, 5.41) is 0. The van der Waals surface area contributed by atoms with E-state index in [-0.39, 0.29) is 0 Å². The van der Waals surface area contributed by atoms with Crippen LogP contribution in [-0.4, -0.2) is 0 Å². The maximum Gasteiger partial charge on any atom is 0.0175 e. The van der Waals surface area contributed by atoms with Crippen molar-refractivity contribution in [3.8, 4) is 0 Å². The topological polar surface area (TPSA) is 0 Å². The van der Waals surface area contributed by atoms with E-state index in [0.717, 1.165) is 17.3 Å². The molecule has 0 fully saturated rings. The van der Waals surface area contributed by atoms with E-state index < -0.39 is 0 Å². The molecule has 1 heteroatoms. The average Bonchev–Trinajstić information content (AvgIpc) is 2.08. The van der Waals surface area contributed by atoms with Gasteiger partial charge >= 0.3 is 0 Å². The standard InChI is InChI=1S/C12H15Br/c1-10(2)4-3-5-11-6-8-12(13)9-7-11/h6-9H,1,3-5H2,2H3. The largest absolute Gasteiger partial charge is 0.100 e. The molecule has 70 valence electrons. The van der Waals surface area contributed by atoms with E-state index in [0.29, 0.717) is 0 Å². The Labute approximate surface area is 88.8 Å². The van der Waals surface area contributed by atoms with Gasteiger partial charge in [0.15, 0.2) is 0 Å². The van der Waals surface area contributed by atoms with Crippen molar-refractivity contribution in [2.45, 2.75) is 26.2 Å². The molecule has 1 rings (SSSR count). The molecule has 0 atom stereocenters. The molecule has 0 saturated carbocycles. The monoisotopic (exact) mass is 238 g/mol. The van der Waals surface area contributed by atoms with Gasteiger partial charge in [0, 0.05) is 4.47 Å². The molecule has 0 aliphatic carbocycles. The lowest BCUT2D eigenvalue weighted by atomic mass is 10.1. The molecule has 0 heterocycles. The Kier molecular flexibility index (Phi) is 4.23. The number of hydrogen-bond acceptors (Lipinski definition) is 0. The summed E-state index contributed by atoms with van der Waals surface area (Å²) in [7, 11) is 0. The van der Waals surface area contributed by atoms with E-state index in [1.54, 1.807) is 0 Å². The molecule has 0 aromatic heterocycles. The molecule has 0 amide bonds. The maximum absolute atomic E-state index is 3.89. The van der Waals surface area contributed by atoms with Gasteiger partial charge in [-0.3, -0.25) is 0 Å². The van der Waals surface area contributed by atoms with Crippen LogP contribution in [-0.2, 0) is 6.42 Å². The smallest absolute Gasteiger partial charge is 0.0175 e. The third-order valence-corrected chi connectivity index (χ3v) is 2.51. The highest BCUT2D eigenvalue weighted by Crippen LogP contribution is 2.13. The molecule has 0 spiro atoms.